The molecule has 1 fully saturated rings. The van der Waals surface area contributed by atoms with E-state index >= 15 is 0 Å². The normalized spacial score (nSPS) is 16.8. The highest BCUT2D eigenvalue weighted by Gasteiger charge is 2.13. The van der Waals surface area contributed by atoms with Gasteiger partial charge in [0, 0.05) is 18.7 Å². The van der Waals surface area contributed by atoms with Crippen LogP contribution in [0.1, 0.15) is 30.4 Å². The molecule has 0 atom stereocenters. The molecule has 3 N–H and O–H groups in total. The fourth-order valence-electron chi connectivity index (χ4n) is 2.54. The number of hydrogen-bond donors (Lipinski definition) is 2. The Labute approximate surface area is 109 Å². The summed E-state index contributed by atoms with van der Waals surface area (Å²) >= 11 is 0. The third-order valence-corrected chi connectivity index (χ3v) is 3.49. The SMILES string of the molecule is COc1ccc(CNN)cc1CN1CCCCC1. The molecular weight excluding hydrogens is 226 g/mol. The molecule has 100 valence electrons. The summed E-state index contributed by atoms with van der Waals surface area (Å²) in [6.07, 6.45) is 3.99. The zero-order chi connectivity index (χ0) is 12.8. The molecule has 0 aliphatic carbocycles. The molecule has 0 unspecified atom stereocenters. The van der Waals surface area contributed by atoms with Gasteiger partial charge in [0.05, 0.1) is 7.11 Å². The molecule has 0 spiro atoms. The molecule has 0 amide bonds. The quantitative estimate of drug-likeness (QED) is 0.615. The molecule has 4 nitrogen and oxygen atoms in total. The first-order valence-electron chi connectivity index (χ1n) is 6.65. The molecule has 1 saturated heterocycles. The molecule has 18 heavy (non-hydrogen) atoms. The number of methoxy groups -OCH3 is 1. The lowest BCUT2D eigenvalue weighted by atomic mass is 10.1. The molecular formula is C14H23N3O. The zero-order valence-electron chi connectivity index (χ0n) is 11.1. The number of hydrazine groups is 1. The van der Waals surface area contributed by atoms with Crippen LogP contribution in [0.5, 0.6) is 5.75 Å². The van der Waals surface area contributed by atoms with Crippen molar-refractivity contribution in [1.82, 2.24) is 10.3 Å². The van der Waals surface area contributed by atoms with Gasteiger partial charge in [0.25, 0.3) is 0 Å². The van der Waals surface area contributed by atoms with Crippen LogP contribution in [0.2, 0.25) is 0 Å². The second kappa shape index (κ2) is 6.73. The number of nitrogens with one attached hydrogen (secondary N) is 1. The number of rotatable bonds is 5. The van der Waals surface area contributed by atoms with Crippen molar-refractivity contribution in [3.63, 3.8) is 0 Å². The van der Waals surface area contributed by atoms with Gasteiger partial charge in [0.2, 0.25) is 0 Å². The Morgan fingerprint density at radius 2 is 2.06 bits per heavy atom. The van der Waals surface area contributed by atoms with Gasteiger partial charge < -0.3 is 4.74 Å². The molecule has 1 aliphatic rings. The second-order valence-corrected chi connectivity index (χ2v) is 4.86. The Bertz CT molecular complexity index is 375. The van der Waals surface area contributed by atoms with Gasteiger partial charge >= 0.3 is 0 Å². The van der Waals surface area contributed by atoms with Gasteiger partial charge in [-0.3, -0.25) is 16.2 Å². The van der Waals surface area contributed by atoms with E-state index in [0.29, 0.717) is 6.54 Å². The summed E-state index contributed by atoms with van der Waals surface area (Å²) in [6.45, 7) is 4.06. The monoisotopic (exact) mass is 249 g/mol. The van der Waals surface area contributed by atoms with Crippen LogP contribution in [-0.2, 0) is 13.1 Å². The maximum atomic E-state index is 5.44. The predicted molar refractivity (Wildman–Crippen MR) is 73.1 cm³/mol. The fourth-order valence-corrected chi connectivity index (χ4v) is 2.54. The van der Waals surface area contributed by atoms with Gasteiger partial charge in [-0.2, -0.15) is 0 Å². The summed E-state index contributed by atoms with van der Waals surface area (Å²) in [6, 6.07) is 6.28. The number of benzene rings is 1. The zero-order valence-corrected chi connectivity index (χ0v) is 11.1. The highest BCUT2D eigenvalue weighted by molar-refractivity contribution is 5.37. The lowest BCUT2D eigenvalue weighted by Crippen LogP contribution is -2.29. The van der Waals surface area contributed by atoms with Crippen LogP contribution in [-0.4, -0.2) is 25.1 Å². The number of nitrogens with zero attached hydrogens (tertiary/aromatic N) is 1. The van der Waals surface area contributed by atoms with Gasteiger partial charge in [-0.15, -0.1) is 0 Å². The van der Waals surface area contributed by atoms with Crippen LogP contribution in [0.3, 0.4) is 0 Å². The smallest absolute Gasteiger partial charge is 0.123 e. The number of piperidine rings is 1. The van der Waals surface area contributed by atoms with Crippen LogP contribution in [0.4, 0.5) is 0 Å². The fraction of sp³-hybridized carbons (Fsp3) is 0.571. The van der Waals surface area contributed by atoms with Crippen molar-refractivity contribution in [2.75, 3.05) is 20.2 Å². The molecule has 1 heterocycles. The van der Waals surface area contributed by atoms with E-state index in [9.17, 15) is 0 Å². The van der Waals surface area contributed by atoms with Gasteiger partial charge in [-0.25, -0.2) is 0 Å². The van der Waals surface area contributed by atoms with Crippen molar-refractivity contribution >= 4 is 0 Å². The first-order valence-corrected chi connectivity index (χ1v) is 6.65. The van der Waals surface area contributed by atoms with E-state index in [1.807, 2.05) is 6.07 Å². The minimum atomic E-state index is 0.691. The van der Waals surface area contributed by atoms with E-state index < -0.39 is 0 Å². The van der Waals surface area contributed by atoms with Gasteiger partial charge in [-0.05, 0) is 43.6 Å². The van der Waals surface area contributed by atoms with E-state index in [-0.39, 0.29) is 0 Å². The third-order valence-electron chi connectivity index (χ3n) is 3.49. The summed E-state index contributed by atoms with van der Waals surface area (Å²) < 4.78 is 5.44. The number of likely N-dealkylation sites (tertiary alicyclic amines) is 1. The predicted octanol–water partition coefficient (Wildman–Crippen LogP) is 1.64. The highest BCUT2D eigenvalue weighted by atomic mass is 16.5. The molecule has 0 aromatic heterocycles. The number of nitrogens with two attached hydrogens (primary N) is 1. The third kappa shape index (κ3) is 3.45. The summed E-state index contributed by atoms with van der Waals surface area (Å²) in [4.78, 5) is 2.50. The van der Waals surface area contributed by atoms with Crippen LogP contribution in [0, 0.1) is 0 Å². The van der Waals surface area contributed by atoms with Crippen molar-refractivity contribution in [1.29, 1.82) is 0 Å². The summed E-state index contributed by atoms with van der Waals surface area (Å²) in [5.41, 5.74) is 5.15. The maximum Gasteiger partial charge on any atom is 0.123 e. The topological polar surface area (TPSA) is 50.5 Å². The van der Waals surface area contributed by atoms with Crippen molar-refractivity contribution in [2.24, 2.45) is 5.84 Å². The van der Waals surface area contributed by atoms with Gasteiger partial charge in [0.15, 0.2) is 0 Å². The Balaban J connectivity index is 2.09. The first kappa shape index (κ1) is 13.3. The second-order valence-electron chi connectivity index (χ2n) is 4.86. The number of ether oxygens (including phenoxy) is 1. The Morgan fingerprint density at radius 1 is 1.28 bits per heavy atom. The van der Waals surface area contributed by atoms with Crippen molar-refractivity contribution in [3.05, 3.63) is 29.3 Å². The molecule has 4 heteroatoms. The Morgan fingerprint density at radius 3 is 2.72 bits per heavy atom. The van der Waals surface area contributed by atoms with Crippen LogP contribution in [0.25, 0.3) is 0 Å². The lowest BCUT2D eigenvalue weighted by Gasteiger charge is -2.27. The van der Waals surface area contributed by atoms with E-state index in [2.05, 4.69) is 22.5 Å². The van der Waals surface area contributed by atoms with E-state index in [1.165, 1.54) is 43.5 Å². The standard InChI is InChI=1S/C14H23N3O/c1-18-14-6-5-12(10-16-15)9-13(14)11-17-7-3-2-4-8-17/h5-6,9,16H,2-4,7-8,10-11,15H2,1H3. The van der Waals surface area contributed by atoms with Crippen molar-refractivity contribution < 1.29 is 4.74 Å². The molecule has 1 aromatic carbocycles. The molecule has 0 saturated carbocycles. The molecule has 1 aliphatic heterocycles. The van der Waals surface area contributed by atoms with Crippen LogP contribution in [0.15, 0.2) is 18.2 Å². The van der Waals surface area contributed by atoms with Crippen molar-refractivity contribution in [3.8, 4) is 5.75 Å². The van der Waals surface area contributed by atoms with Gasteiger partial charge in [0.1, 0.15) is 5.75 Å². The molecule has 0 radical (unpaired) electrons. The highest BCUT2D eigenvalue weighted by Crippen LogP contribution is 2.23. The first-order chi connectivity index (χ1) is 8.83. The minimum absolute atomic E-state index is 0.691. The summed E-state index contributed by atoms with van der Waals surface area (Å²) in [5, 5.41) is 0. The minimum Gasteiger partial charge on any atom is -0.496 e. The van der Waals surface area contributed by atoms with Gasteiger partial charge in [-0.1, -0.05) is 12.5 Å². The molecule has 1 aromatic rings. The average molecular weight is 249 g/mol. The lowest BCUT2D eigenvalue weighted by molar-refractivity contribution is 0.218. The molecule has 2 rings (SSSR count). The number of hydrogen-bond acceptors (Lipinski definition) is 4. The largest absolute Gasteiger partial charge is 0.496 e. The maximum absolute atomic E-state index is 5.44. The van der Waals surface area contributed by atoms with Crippen molar-refractivity contribution in [2.45, 2.75) is 32.4 Å². The van der Waals surface area contributed by atoms with E-state index in [4.69, 9.17) is 10.6 Å². The van der Waals surface area contributed by atoms with Crippen LogP contribution >= 0.6 is 0 Å². The van der Waals surface area contributed by atoms with E-state index in [0.717, 1.165) is 12.3 Å². The molecule has 0 bridgehead atoms. The van der Waals surface area contributed by atoms with Crippen LogP contribution < -0.4 is 16.0 Å². The average Bonchev–Trinajstić information content (AvgIpc) is 2.41. The Hall–Kier alpha value is -1.10. The Kier molecular flexibility index (Phi) is 4.99. The summed E-state index contributed by atoms with van der Waals surface area (Å²) in [5.74, 6) is 6.35. The summed E-state index contributed by atoms with van der Waals surface area (Å²) in [7, 11) is 1.73. The van der Waals surface area contributed by atoms with E-state index in [1.54, 1.807) is 7.11 Å².